The first-order chi connectivity index (χ1) is 7.47. The molecule has 0 amide bonds. The van der Waals surface area contributed by atoms with Crippen LogP contribution < -0.4 is 10.6 Å². The van der Waals surface area contributed by atoms with Crippen molar-refractivity contribution in [1.82, 2.24) is 10.6 Å². The standard InChI is InChI=1S/C14H28N2/c1-10(8-16-14(2,3)4)15-9-13-11-6-5-7-12(11)13/h10-13,15-16H,5-9H2,1-4H3. The maximum Gasteiger partial charge on any atom is 0.0164 e. The lowest BCUT2D eigenvalue weighted by Gasteiger charge is -2.24. The molecule has 3 atom stereocenters. The quantitative estimate of drug-likeness (QED) is 0.749. The van der Waals surface area contributed by atoms with Gasteiger partial charge in [-0.2, -0.15) is 0 Å². The summed E-state index contributed by atoms with van der Waals surface area (Å²) in [5.41, 5.74) is 0.242. The lowest BCUT2D eigenvalue weighted by Crippen LogP contribution is -2.45. The summed E-state index contributed by atoms with van der Waals surface area (Å²) in [5.74, 6) is 3.20. The van der Waals surface area contributed by atoms with E-state index in [1.807, 2.05) is 0 Å². The van der Waals surface area contributed by atoms with Crippen molar-refractivity contribution in [3.8, 4) is 0 Å². The fourth-order valence-electron chi connectivity index (χ4n) is 3.14. The average molecular weight is 224 g/mol. The Hall–Kier alpha value is -0.0800. The Morgan fingerprint density at radius 1 is 1.19 bits per heavy atom. The highest BCUT2D eigenvalue weighted by Gasteiger charge is 2.51. The molecule has 2 fully saturated rings. The number of hydrogen-bond donors (Lipinski definition) is 2. The van der Waals surface area contributed by atoms with Crippen molar-refractivity contribution in [2.24, 2.45) is 17.8 Å². The smallest absolute Gasteiger partial charge is 0.0164 e. The van der Waals surface area contributed by atoms with Crippen LogP contribution in [0.25, 0.3) is 0 Å². The van der Waals surface area contributed by atoms with Gasteiger partial charge >= 0.3 is 0 Å². The predicted octanol–water partition coefficient (Wildman–Crippen LogP) is 2.40. The minimum Gasteiger partial charge on any atom is -0.313 e. The van der Waals surface area contributed by atoms with Crippen molar-refractivity contribution in [3.63, 3.8) is 0 Å². The molecule has 3 unspecified atom stereocenters. The van der Waals surface area contributed by atoms with E-state index in [9.17, 15) is 0 Å². The van der Waals surface area contributed by atoms with Crippen molar-refractivity contribution in [3.05, 3.63) is 0 Å². The van der Waals surface area contributed by atoms with Crippen LogP contribution in [0.4, 0.5) is 0 Å². The monoisotopic (exact) mass is 224 g/mol. The van der Waals surface area contributed by atoms with Gasteiger partial charge in [-0.3, -0.25) is 0 Å². The van der Waals surface area contributed by atoms with E-state index in [1.165, 1.54) is 25.8 Å². The lowest BCUT2D eigenvalue weighted by molar-refractivity contribution is 0.380. The van der Waals surface area contributed by atoms with E-state index >= 15 is 0 Å². The number of fused-ring (bicyclic) bond motifs is 1. The van der Waals surface area contributed by atoms with Gasteiger partial charge in [0.2, 0.25) is 0 Å². The number of nitrogens with one attached hydrogen (secondary N) is 2. The summed E-state index contributed by atoms with van der Waals surface area (Å²) in [5, 5.41) is 7.24. The highest BCUT2D eigenvalue weighted by Crippen LogP contribution is 2.57. The minimum atomic E-state index is 0.242. The molecule has 2 rings (SSSR count). The molecule has 0 aliphatic heterocycles. The van der Waals surface area contributed by atoms with Gasteiger partial charge in [0.25, 0.3) is 0 Å². The second-order valence-corrected chi connectivity index (χ2v) is 6.86. The maximum absolute atomic E-state index is 3.68. The molecule has 0 heterocycles. The van der Waals surface area contributed by atoms with Crippen molar-refractivity contribution in [2.75, 3.05) is 13.1 Å². The summed E-state index contributed by atoms with van der Waals surface area (Å²) in [4.78, 5) is 0. The predicted molar refractivity (Wildman–Crippen MR) is 69.5 cm³/mol. The van der Waals surface area contributed by atoms with E-state index < -0.39 is 0 Å². The van der Waals surface area contributed by atoms with Gasteiger partial charge in [-0.1, -0.05) is 6.42 Å². The van der Waals surface area contributed by atoms with Gasteiger partial charge in [-0.25, -0.2) is 0 Å². The molecular formula is C14H28N2. The van der Waals surface area contributed by atoms with E-state index in [1.54, 1.807) is 0 Å². The first kappa shape index (κ1) is 12.4. The topological polar surface area (TPSA) is 24.1 Å². The second-order valence-electron chi connectivity index (χ2n) is 6.86. The van der Waals surface area contributed by atoms with Crippen LogP contribution in [0.15, 0.2) is 0 Å². The van der Waals surface area contributed by atoms with Gasteiger partial charge in [-0.15, -0.1) is 0 Å². The van der Waals surface area contributed by atoms with Gasteiger partial charge in [0.1, 0.15) is 0 Å². The highest BCUT2D eigenvalue weighted by atomic mass is 15.0. The Kier molecular flexibility index (Phi) is 3.60. The summed E-state index contributed by atoms with van der Waals surface area (Å²) in [7, 11) is 0. The Labute approximate surface area is 101 Å². The van der Waals surface area contributed by atoms with E-state index in [0.29, 0.717) is 6.04 Å². The lowest BCUT2D eigenvalue weighted by atomic mass is 10.1. The molecule has 2 saturated carbocycles. The van der Waals surface area contributed by atoms with E-state index in [4.69, 9.17) is 0 Å². The highest BCUT2D eigenvalue weighted by molar-refractivity contribution is 5.02. The molecule has 0 aromatic carbocycles. The van der Waals surface area contributed by atoms with E-state index in [2.05, 4.69) is 38.3 Å². The van der Waals surface area contributed by atoms with Crippen molar-refractivity contribution < 1.29 is 0 Å². The first-order valence-corrected chi connectivity index (χ1v) is 6.96. The van der Waals surface area contributed by atoms with Crippen LogP contribution in [0.2, 0.25) is 0 Å². The molecule has 0 saturated heterocycles. The molecule has 2 aliphatic rings. The van der Waals surface area contributed by atoms with Gasteiger partial charge in [0.05, 0.1) is 0 Å². The molecular weight excluding hydrogens is 196 g/mol. The molecule has 0 spiro atoms. The van der Waals surface area contributed by atoms with E-state index in [0.717, 1.165) is 24.3 Å². The Morgan fingerprint density at radius 3 is 2.38 bits per heavy atom. The summed E-state index contributed by atoms with van der Waals surface area (Å²) in [6.07, 6.45) is 4.50. The first-order valence-electron chi connectivity index (χ1n) is 6.96. The maximum atomic E-state index is 3.68. The number of rotatable bonds is 5. The molecule has 2 nitrogen and oxygen atoms in total. The largest absolute Gasteiger partial charge is 0.313 e. The second kappa shape index (κ2) is 4.66. The van der Waals surface area contributed by atoms with Gasteiger partial charge in [-0.05, 0) is 64.8 Å². The van der Waals surface area contributed by atoms with Gasteiger partial charge < -0.3 is 10.6 Å². The molecule has 94 valence electrons. The third kappa shape index (κ3) is 3.21. The van der Waals surface area contributed by atoms with Gasteiger partial charge in [0.15, 0.2) is 0 Å². The fourth-order valence-corrected chi connectivity index (χ4v) is 3.14. The molecule has 0 aromatic rings. The summed E-state index contributed by atoms with van der Waals surface area (Å²) in [6.45, 7) is 11.3. The summed E-state index contributed by atoms with van der Waals surface area (Å²) >= 11 is 0. The zero-order valence-corrected chi connectivity index (χ0v) is 11.3. The van der Waals surface area contributed by atoms with Crippen LogP contribution in [0.3, 0.4) is 0 Å². The van der Waals surface area contributed by atoms with Crippen molar-refractivity contribution in [1.29, 1.82) is 0 Å². The van der Waals surface area contributed by atoms with Gasteiger partial charge in [0, 0.05) is 18.1 Å². The third-order valence-corrected chi connectivity index (χ3v) is 4.22. The molecule has 0 bridgehead atoms. The molecule has 2 heteroatoms. The van der Waals surface area contributed by atoms with Crippen LogP contribution in [0.5, 0.6) is 0 Å². The molecule has 2 aliphatic carbocycles. The van der Waals surface area contributed by atoms with Crippen LogP contribution in [0, 0.1) is 17.8 Å². The average Bonchev–Trinajstić information content (AvgIpc) is 2.63. The van der Waals surface area contributed by atoms with Crippen LogP contribution in [-0.2, 0) is 0 Å². The summed E-state index contributed by atoms with van der Waals surface area (Å²) < 4.78 is 0. The normalized spacial score (nSPS) is 34.9. The van der Waals surface area contributed by atoms with Crippen molar-refractivity contribution in [2.45, 2.75) is 58.5 Å². The van der Waals surface area contributed by atoms with E-state index in [-0.39, 0.29) is 5.54 Å². The fraction of sp³-hybridized carbons (Fsp3) is 1.00. The SMILES string of the molecule is CC(CNC(C)(C)C)NCC1C2CCCC21. The molecule has 2 N–H and O–H groups in total. The van der Waals surface area contributed by atoms with Crippen LogP contribution in [0.1, 0.15) is 47.0 Å². The van der Waals surface area contributed by atoms with Crippen LogP contribution >= 0.6 is 0 Å². The third-order valence-electron chi connectivity index (χ3n) is 4.22. The Balaban J connectivity index is 1.56. The summed E-state index contributed by atoms with van der Waals surface area (Å²) in [6, 6.07) is 0.598. The molecule has 16 heavy (non-hydrogen) atoms. The number of hydrogen-bond acceptors (Lipinski definition) is 2. The molecule has 0 radical (unpaired) electrons. The Bertz CT molecular complexity index is 221. The Morgan fingerprint density at radius 2 is 1.81 bits per heavy atom. The van der Waals surface area contributed by atoms with Crippen LogP contribution in [-0.4, -0.2) is 24.7 Å². The van der Waals surface area contributed by atoms with Crippen molar-refractivity contribution >= 4 is 0 Å². The zero-order valence-electron chi connectivity index (χ0n) is 11.3. The molecule has 0 aromatic heterocycles. The zero-order chi connectivity index (χ0) is 11.8. The minimum absolute atomic E-state index is 0.242.